The van der Waals surface area contributed by atoms with Crippen LogP contribution in [0.15, 0.2) is 12.1 Å². The molecule has 0 bridgehead atoms. The van der Waals surface area contributed by atoms with Crippen LogP contribution in [0, 0.1) is 6.92 Å². The molecule has 0 aliphatic rings. The van der Waals surface area contributed by atoms with E-state index in [0.29, 0.717) is 0 Å². The zero-order valence-corrected chi connectivity index (χ0v) is 23.8. The summed E-state index contributed by atoms with van der Waals surface area (Å²) in [7, 11) is 5.01. The summed E-state index contributed by atoms with van der Waals surface area (Å²) in [5.74, 6) is 0. The molecule has 0 fully saturated rings. The highest BCUT2D eigenvalue weighted by atomic mass is 31.0. The number of hydrogen-bond acceptors (Lipinski definition) is 1. The molecule has 0 saturated carbocycles. The van der Waals surface area contributed by atoms with Crippen LogP contribution in [0.1, 0.15) is 135 Å². The van der Waals surface area contributed by atoms with Crippen LogP contribution in [0.2, 0.25) is 0 Å². The molecule has 0 aliphatic carbocycles. The Morgan fingerprint density at radius 2 is 1.19 bits per heavy atom. The Hall–Kier alpha value is -0.325. The predicted molar refractivity (Wildman–Crippen MR) is 150 cm³/mol. The summed E-state index contributed by atoms with van der Waals surface area (Å²) in [6.07, 6.45) is 18.5. The zero-order valence-electron chi connectivity index (χ0n) is 22.6. The molecule has 1 nitrogen and oxygen atoms in total. The van der Waals surface area contributed by atoms with E-state index in [2.05, 4.69) is 77.3 Å². The number of rotatable bonds is 18. The van der Waals surface area contributed by atoms with E-state index in [4.69, 9.17) is 4.65 Å². The fourth-order valence-corrected chi connectivity index (χ4v) is 4.05. The maximum absolute atomic E-state index is 6.40. The van der Waals surface area contributed by atoms with Crippen molar-refractivity contribution in [1.82, 2.24) is 0 Å². The summed E-state index contributed by atoms with van der Waals surface area (Å²) >= 11 is 0. The minimum atomic E-state index is -0.237. The lowest BCUT2D eigenvalue weighted by Crippen LogP contribution is -2.45. The van der Waals surface area contributed by atoms with Crippen molar-refractivity contribution in [3.63, 3.8) is 0 Å². The summed E-state index contributed by atoms with van der Waals surface area (Å²) in [5.41, 5.74) is 5.49. The molecule has 1 unspecified atom stereocenters. The Kier molecular flexibility index (Phi) is 14.4. The van der Waals surface area contributed by atoms with E-state index in [9.17, 15) is 0 Å². The van der Waals surface area contributed by atoms with E-state index in [0.717, 1.165) is 6.42 Å². The molecule has 1 rings (SSSR count). The van der Waals surface area contributed by atoms with Crippen molar-refractivity contribution in [2.24, 2.45) is 0 Å². The van der Waals surface area contributed by atoms with E-state index in [1.54, 1.807) is 0 Å². The lowest BCUT2D eigenvalue weighted by atomic mass is 9.77. The highest BCUT2D eigenvalue weighted by molar-refractivity contribution is 7.19. The van der Waals surface area contributed by atoms with Gasteiger partial charge in [0.2, 0.25) is 0 Å². The van der Waals surface area contributed by atoms with Gasteiger partial charge in [0.05, 0.1) is 5.60 Å². The second kappa shape index (κ2) is 15.6. The van der Waals surface area contributed by atoms with Gasteiger partial charge in [0, 0.05) is 5.16 Å². The van der Waals surface area contributed by atoms with Crippen molar-refractivity contribution in [2.45, 2.75) is 149 Å². The first kappa shape index (κ1) is 29.7. The quantitative estimate of drug-likeness (QED) is 0.121. The summed E-state index contributed by atoms with van der Waals surface area (Å²) in [6.45, 7) is 15.7. The second-order valence-electron chi connectivity index (χ2n) is 11.0. The van der Waals surface area contributed by atoms with Crippen LogP contribution in [0.5, 0.6) is 0 Å². The Labute approximate surface area is 204 Å². The zero-order chi connectivity index (χ0) is 24.0. The molecule has 0 saturated heterocycles. The molecule has 0 aromatic heterocycles. The smallest absolute Gasteiger partial charge is 0.331 e. The predicted octanol–water partition coefficient (Wildman–Crippen LogP) is 8.49. The van der Waals surface area contributed by atoms with Crippen LogP contribution in [-0.2, 0) is 17.5 Å². The van der Waals surface area contributed by atoms with Crippen molar-refractivity contribution in [1.29, 1.82) is 0 Å². The van der Waals surface area contributed by atoms with Crippen LogP contribution >= 0.6 is 9.24 Å². The van der Waals surface area contributed by atoms with E-state index < -0.39 is 0 Å². The molecule has 0 N–H and O–H groups in total. The average Bonchev–Trinajstić information content (AvgIpc) is 2.72. The third-order valence-corrected chi connectivity index (χ3v) is 7.92. The van der Waals surface area contributed by atoms with Gasteiger partial charge in [-0.25, -0.2) is 0 Å². The lowest BCUT2D eigenvalue weighted by Gasteiger charge is -2.39. The largest absolute Gasteiger partial charge is 0.429 e. The van der Waals surface area contributed by atoms with E-state index in [1.165, 1.54) is 106 Å². The molecule has 0 aliphatic heterocycles. The number of unbranched alkanes of at least 4 members (excludes halogenated alkanes) is 10. The molecule has 1 aromatic carbocycles. The van der Waals surface area contributed by atoms with Crippen molar-refractivity contribution in [3.8, 4) is 0 Å². The maximum atomic E-state index is 6.40. The van der Waals surface area contributed by atoms with Crippen molar-refractivity contribution < 1.29 is 4.65 Å². The van der Waals surface area contributed by atoms with Crippen LogP contribution in [0.3, 0.4) is 0 Å². The third kappa shape index (κ3) is 11.2. The van der Waals surface area contributed by atoms with Gasteiger partial charge in [0.1, 0.15) is 0 Å². The fraction of sp³-hybridized carbons (Fsp3) is 0.793. The summed E-state index contributed by atoms with van der Waals surface area (Å²) < 4.78 is 6.40. The molecule has 3 heteroatoms. The summed E-state index contributed by atoms with van der Waals surface area (Å²) in [6, 6.07) is 4.88. The number of benzene rings is 1. The minimum absolute atomic E-state index is 0.00889. The monoisotopic (exact) mass is 459 g/mol. The lowest BCUT2D eigenvalue weighted by molar-refractivity contribution is 0.0840. The first-order chi connectivity index (χ1) is 15.1. The van der Waals surface area contributed by atoms with Gasteiger partial charge >= 0.3 is 7.48 Å². The second-order valence-corrected chi connectivity index (χ2v) is 12.4. The van der Waals surface area contributed by atoms with E-state index in [-0.39, 0.29) is 10.8 Å². The standard InChI is InChI=1S/C29H53BOP/c1-8-10-12-14-16-18-20-25-23-27(30-31-28(4,5)29(6,7)32)26(22-24(25)3)21-19-17-15-13-11-9-2/h22-23H,8-21,32H2,1-7H3. The van der Waals surface area contributed by atoms with E-state index in [1.807, 2.05) is 0 Å². The average molecular weight is 460 g/mol. The molecule has 0 spiro atoms. The van der Waals surface area contributed by atoms with Gasteiger partial charge in [-0.1, -0.05) is 115 Å². The minimum Gasteiger partial charge on any atom is -0.429 e. The molecule has 0 heterocycles. The van der Waals surface area contributed by atoms with Crippen LogP contribution in [0.25, 0.3) is 0 Å². The molecule has 1 atom stereocenters. The molecule has 1 radical (unpaired) electrons. The molecule has 0 amide bonds. The highest BCUT2D eigenvalue weighted by Crippen LogP contribution is 2.33. The van der Waals surface area contributed by atoms with Crippen LogP contribution < -0.4 is 5.46 Å². The Bertz CT molecular complexity index is 633. The Balaban J connectivity index is 2.83. The van der Waals surface area contributed by atoms with Gasteiger partial charge < -0.3 is 4.65 Å². The summed E-state index contributed by atoms with van der Waals surface area (Å²) in [4.78, 5) is 0. The van der Waals surface area contributed by atoms with Crippen molar-refractivity contribution in [2.75, 3.05) is 0 Å². The third-order valence-electron chi connectivity index (χ3n) is 7.23. The molecule has 1 aromatic rings. The Morgan fingerprint density at radius 3 is 1.69 bits per heavy atom. The van der Waals surface area contributed by atoms with E-state index >= 15 is 0 Å². The molecular formula is C29H53BOP. The fourth-order valence-electron chi connectivity index (χ4n) is 3.98. The van der Waals surface area contributed by atoms with Gasteiger partial charge in [-0.15, -0.1) is 9.24 Å². The highest BCUT2D eigenvalue weighted by Gasteiger charge is 2.34. The topological polar surface area (TPSA) is 9.23 Å². The number of hydrogen-bond donors (Lipinski definition) is 0. The molecule has 32 heavy (non-hydrogen) atoms. The summed E-state index contributed by atoms with van der Waals surface area (Å²) in [5, 5.41) is 0.00889. The van der Waals surface area contributed by atoms with Gasteiger partial charge in [0.25, 0.3) is 0 Å². The first-order valence-corrected chi connectivity index (χ1v) is 14.1. The van der Waals surface area contributed by atoms with Gasteiger partial charge in [0.15, 0.2) is 0 Å². The van der Waals surface area contributed by atoms with Gasteiger partial charge in [-0.05, 0) is 57.6 Å². The van der Waals surface area contributed by atoms with Crippen molar-refractivity contribution >= 4 is 22.2 Å². The Morgan fingerprint density at radius 1 is 0.719 bits per heavy atom. The van der Waals surface area contributed by atoms with Crippen LogP contribution in [-0.4, -0.2) is 18.2 Å². The van der Waals surface area contributed by atoms with Crippen molar-refractivity contribution in [3.05, 3.63) is 28.8 Å². The normalized spacial score (nSPS) is 12.4. The van der Waals surface area contributed by atoms with Gasteiger partial charge in [-0.3, -0.25) is 0 Å². The van der Waals surface area contributed by atoms with Gasteiger partial charge in [-0.2, -0.15) is 0 Å². The first-order valence-electron chi connectivity index (χ1n) is 13.5. The number of aryl methyl sites for hydroxylation is 3. The maximum Gasteiger partial charge on any atom is 0.331 e. The molecule has 183 valence electrons. The molecular weight excluding hydrogens is 406 g/mol. The SMILES string of the molecule is CCCCCCCCc1cc([B]OC(C)(C)C(C)(C)P)c(CCCCCCCC)cc1C. The van der Waals surface area contributed by atoms with Crippen LogP contribution in [0.4, 0.5) is 0 Å².